The van der Waals surface area contributed by atoms with Crippen molar-refractivity contribution in [2.75, 3.05) is 197 Å². The zero-order valence-electron chi connectivity index (χ0n) is 49.8. The van der Waals surface area contributed by atoms with E-state index in [1.165, 1.54) is 50.2 Å². The van der Waals surface area contributed by atoms with Gasteiger partial charge in [0.1, 0.15) is 16.8 Å². The molecule has 10 aliphatic rings. The largest absolute Gasteiger partial charge is 0.481 e. The number of aliphatic carboxylic acids is 1. The molecule has 455 valence electrons. The van der Waals surface area contributed by atoms with Crippen molar-refractivity contribution in [1.82, 2.24) is 40.0 Å². The van der Waals surface area contributed by atoms with Crippen LogP contribution in [-0.2, 0) is 52.2 Å². The highest BCUT2D eigenvalue weighted by Crippen LogP contribution is 2.24. The molecule has 10 rings (SSSR count). The third-order valence-corrected chi connectivity index (χ3v) is 13.3. The van der Waals surface area contributed by atoms with E-state index in [2.05, 4.69) is 20.4 Å². The average Bonchev–Trinajstić information content (AvgIpc) is 4.14. The molecule has 0 bridgehead atoms. The molecule has 10 fully saturated rings. The molecule has 10 saturated heterocycles. The van der Waals surface area contributed by atoms with Crippen LogP contribution in [-0.4, -0.2) is 287 Å². The van der Waals surface area contributed by atoms with E-state index in [-0.39, 0.29) is 45.5 Å². The van der Waals surface area contributed by atoms with Gasteiger partial charge in [0.25, 0.3) is 0 Å². The molecule has 4 amide bonds. The molecular formula is C55H102BN8O15. The minimum atomic E-state index is -0.857. The van der Waals surface area contributed by atoms with E-state index < -0.39 is 34.8 Å². The third-order valence-electron chi connectivity index (χ3n) is 13.3. The van der Waals surface area contributed by atoms with Crippen molar-refractivity contribution < 1.29 is 71.7 Å². The number of likely N-dealkylation sites (tertiary alicyclic amines) is 3. The molecule has 10 heterocycles. The first-order chi connectivity index (χ1) is 37.0. The lowest BCUT2D eigenvalue weighted by Crippen LogP contribution is -2.58. The number of nitrogens with one attached hydrogen (secondary N) is 2. The van der Waals surface area contributed by atoms with E-state index in [4.69, 9.17) is 47.7 Å². The van der Waals surface area contributed by atoms with Crippen LogP contribution in [0.5, 0.6) is 0 Å². The molecule has 24 heteroatoms. The summed E-state index contributed by atoms with van der Waals surface area (Å²) in [6.45, 7) is 42.6. The Morgan fingerprint density at radius 2 is 0.759 bits per heavy atom. The summed E-state index contributed by atoms with van der Waals surface area (Å²) in [4.78, 5) is 68.9. The molecule has 23 nitrogen and oxygen atoms in total. The molecule has 3 radical (unpaired) electrons. The van der Waals surface area contributed by atoms with E-state index in [0.717, 1.165) is 131 Å². The number of carbonyl (C=O) groups is 5. The topological polar surface area (TPSA) is 232 Å². The van der Waals surface area contributed by atoms with Crippen LogP contribution in [0.2, 0.25) is 0 Å². The van der Waals surface area contributed by atoms with Gasteiger partial charge < -0.3 is 78.0 Å². The first-order valence-electron chi connectivity index (χ1n) is 28.8. The van der Waals surface area contributed by atoms with Crippen molar-refractivity contribution in [3.63, 3.8) is 0 Å². The summed E-state index contributed by atoms with van der Waals surface area (Å²) in [6.07, 6.45) is 4.16. The van der Waals surface area contributed by atoms with Gasteiger partial charge in [-0.3, -0.25) is 19.4 Å². The molecule has 0 unspecified atom stereocenters. The van der Waals surface area contributed by atoms with Gasteiger partial charge in [-0.1, -0.05) is 0 Å². The van der Waals surface area contributed by atoms with Crippen molar-refractivity contribution >= 4 is 38.6 Å². The Kier molecular flexibility index (Phi) is 32.4. The van der Waals surface area contributed by atoms with Crippen molar-refractivity contribution in [2.24, 2.45) is 23.7 Å². The first-order valence-corrected chi connectivity index (χ1v) is 28.8. The molecule has 0 atom stereocenters. The van der Waals surface area contributed by atoms with Gasteiger partial charge in [-0.05, 0) is 93.9 Å². The monoisotopic (exact) mass is 1130 g/mol. The number of ether oxygens (including phenoxy) is 9. The van der Waals surface area contributed by atoms with E-state index in [1.54, 1.807) is 30.6 Å². The Morgan fingerprint density at radius 3 is 1.05 bits per heavy atom. The second-order valence-electron chi connectivity index (χ2n) is 24.0. The number of nitrogens with zero attached hydrogens (tertiary/aromatic N) is 6. The maximum Gasteiger partial charge on any atom is 0.410 e. The summed E-state index contributed by atoms with van der Waals surface area (Å²) in [6, 6.07) is 0. The fourth-order valence-electron chi connectivity index (χ4n) is 8.74. The fourth-order valence-corrected chi connectivity index (χ4v) is 8.74. The van der Waals surface area contributed by atoms with Crippen LogP contribution in [0.1, 0.15) is 88.0 Å². The second kappa shape index (κ2) is 36.8. The molecule has 3 N–H and O–H groups in total. The number of amides is 4. The quantitative estimate of drug-likeness (QED) is 0.256. The summed E-state index contributed by atoms with van der Waals surface area (Å²) in [5.74, 6) is 0.268. The second-order valence-corrected chi connectivity index (χ2v) is 24.0. The molecular weight excluding hydrogens is 1020 g/mol. The zero-order chi connectivity index (χ0) is 57.0. The Balaban J connectivity index is 0.000000254. The Labute approximate surface area is 474 Å². The van der Waals surface area contributed by atoms with E-state index >= 15 is 0 Å². The van der Waals surface area contributed by atoms with Gasteiger partial charge in [0, 0.05) is 159 Å². The molecule has 10 aliphatic heterocycles. The summed E-state index contributed by atoms with van der Waals surface area (Å²) >= 11 is 0. The van der Waals surface area contributed by atoms with Crippen molar-refractivity contribution in [2.45, 2.75) is 105 Å². The minimum absolute atomic E-state index is 0. The van der Waals surface area contributed by atoms with E-state index in [9.17, 15) is 24.0 Å². The summed E-state index contributed by atoms with van der Waals surface area (Å²) in [5.41, 5.74) is -1.41. The smallest absolute Gasteiger partial charge is 0.410 e. The number of morpholine rings is 4. The highest BCUT2D eigenvalue weighted by Gasteiger charge is 2.41. The maximum atomic E-state index is 12.1. The number of hydrogen-bond donors (Lipinski definition) is 3. The first kappa shape index (κ1) is 69.7. The van der Waals surface area contributed by atoms with Crippen LogP contribution < -0.4 is 10.6 Å². The highest BCUT2D eigenvalue weighted by molar-refractivity contribution is 5.83. The molecule has 0 aromatic rings. The van der Waals surface area contributed by atoms with Gasteiger partial charge in [0.05, 0.1) is 64.7 Å². The van der Waals surface area contributed by atoms with E-state index in [0.29, 0.717) is 45.3 Å². The number of hydrogen-bond acceptors (Lipinski definition) is 18. The average molecular weight is 1130 g/mol. The SMILES string of the molecule is C1CCOC1.C1CCOC1.C1CN(CC2CNC2)CCO1.C1COCCN1.CC(C)(C)OC(=O)N1CC(C(=O)N2CCOCC2)C1.CC(C)(C)OC(=O)N1CC(C(=O)O)C1.CC(C)(C)OC(=O)N1CC(CN2CCOCC2)C1.[B]. The van der Waals surface area contributed by atoms with Crippen molar-refractivity contribution in [3.05, 3.63) is 0 Å². The van der Waals surface area contributed by atoms with Gasteiger partial charge in [-0.25, -0.2) is 14.4 Å². The van der Waals surface area contributed by atoms with Crippen LogP contribution in [0.15, 0.2) is 0 Å². The molecule has 0 aromatic heterocycles. The molecule has 0 aliphatic carbocycles. The number of carboxylic acid groups (broad SMARTS) is 1. The minimum Gasteiger partial charge on any atom is -0.481 e. The summed E-state index contributed by atoms with van der Waals surface area (Å²) in [5, 5.41) is 15.0. The molecule has 0 spiro atoms. The lowest BCUT2D eigenvalue weighted by atomic mass is 9.99. The van der Waals surface area contributed by atoms with Gasteiger partial charge in [0.2, 0.25) is 5.91 Å². The molecule has 0 saturated carbocycles. The van der Waals surface area contributed by atoms with Crippen LogP contribution in [0.3, 0.4) is 0 Å². The van der Waals surface area contributed by atoms with Gasteiger partial charge >= 0.3 is 24.2 Å². The number of carboxylic acids is 1. The van der Waals surface area contributed by atoms with Gasteiger partial charge in [-0.2, -0.15) is 0 Å². The highest BCUT2D eigenvalue weighted by atomic mass is 16.6. The lowest BCUT2D eigenvalue weighted by molar-refractivity contribution is -0.147. The normalized spacial score (nSPS) is 22.1. The Morgan fingerprint density at radius 1 is 0.430 bits per heavy atom. The van der Waals surface area contributed by atoms with Gasteiger partial charge in [-0.15, -0.1) is 0 Å². The van der Waals surface area contributed by atoms with Crippen molar-refractivity contribution in [1.29, 1.82) is 0 Å². The fraction of sp³-hybridized carbons (Fsp3) is 0.909. The standard InChI is InChI=1S/C13H22N2O4.C13H24N2O3.C9H15NO4.C8H16N2O.C4H9NO.2C4H8O.B/c1-13(2,3)19-12(17)15-8-10(9-15)11(16)14-4-6-18-7-5-14;1-13(2,3)18-12(16)15-9-11(10-15)8-14-4-6-17-7-5-14;1-9(2,3)14-8(13)10-4-6(5-10)7(11)12;1-3-11-4-2-10(1)7-8-5-9-6-8;1-3-6-4-2-5-1;2*1-2-4-5-3-1;/h10H,4-9H2,1-3H3;11H,4-10H2,1-3H3;6H,4-5H2,1-3H3,(H,11,12);8-9H,1-7H2;5H,1-4H2;2*1-4H2;. The third kappa shape index (κ3) is 30.3. The zero-order valence-corrected chi connectivity index (χ0v) is 49.8. The lowest BCUT2D eigenvalue weighted by Gasteiger charge is -2.42. The Hall–Kier alpha value is -3.59. The molecule has 79 heavy (non-hydrogen) atoms. The molecule has 0 aromatic carbocycles. The van der Waals surface area contributed by atoms with Gasteiger partial charge in [0.15, 0.2) is 0 Å². The predicted molar refractivity (Wildman–Crippen MR) is 299 cm³/mol. The van der Waals surface area contributed by atoms with Crippen LogP contribution in [0.25, 0.3) is 0 Å². The number of carbonyl (C=O) groups excluding carboxylic acids is 4. The Bertz CT molecular complexity index is 1670. The summed E-state index contributed by atoms with van der Waals surface area (Å²) in [7, 11) is 0. The van der Waals surface area contributed by atoms with E-state index in [1.807, 2.05) is 46.4 Å². The maximum absolute atomic E-state index is 12.1. The van der Waals surface area contributed by atoms with Crippen LogP contribution >= 0.6 is 0 Å². The summed E-state index contributed by atoms with van der Waals surface area (Å²) < 4.78 is 46.4. The predicted octanol–water partition coefficient (Wildman–Crippen LogP) is 3.19. The van der Waals surface area contributed by atoms with Crippen LogP contribution in [0.4, 0.5) is 14.4 Å². The van der Waals surface area contributed by atoms with Crippen LogP contribution in [0, 0.1) is 23.7 Å². The van der Waals surface area contributed by atoms with Crippen molar-refractivity contribution in [3.8, 4) is 0 Å². The number of rotatable bonds is 6.